The van der Waals surface area contributed by atoms with E-state index in [2.05, 4.69) is 15.3 Å². The minimum absolute atomic E-state index is 0.501. The van der Waals surface area contributed by atoms with Crippen LogP contribution in [0.4, 0.5) is 5.82 Å². The topological polar surface area (TPSA) is 69.6 Å². The molecule has 5 heteroatoms. The van der Waals surface area contributed by atoms with E-state index in [1.54, 1.807) is 10.9 Å². The van der Waals surface area contributed by atoms with Crippen LogP contribution in [0.5, 0.6) is 0 Å². The molecule has 0 amide bonds. The summed E-state index contributed by atoms with van der Waals surface area (Å²) in [6, 6.07) is 11.7. The van der Waals surface area contributed by atoms with Crippen LogP contribution in [0.2, 0.25) is 0 Å². The molecule has 2 heterocycles. The highest BCUT2D eigenvalue weighted by Gasteiger charge is 2.16. The average Bonchev–Trinajstić information content (AvgIpc) is 2.82. The monoisotopic (exact) mass is 265 g/mol. The highest BCUT2D eigenvalue weighted by Crippen LogP contribution is 2.26. The Morgan fingerprint density at radius 3 is 2.40 bits per heavy atom. The first-order chi connectivity index (χ1) is 9.68. The van der Waals surface area contributed by atoms with Crippen molar-refractivity contribution in [2.24, 2.45) is 0 Å². The van der Waals surface area contributed by atoms with Crippen molar-refractivity contribution >= 4 is 5.82 Å². The molecule has 0 unspecified atom stereocenters. The van der Waals surface area contributed by atoms with E-state index < -0.39 is 0 Å². The van der Waals surface area contributed by atoms with Gasteiger partial charge in [0.1, 0.15) is 0 Å². The number of nitrogens with zero attached hydrogens (tertiary/aromatic N) is 4. The maximum Gasteiger partial charge on any atom is 0.157 e. The molecule has 0 saturated heterocycles. The lowest BCUT2D eigenvalue weighted by molar-refractivity contribution is 0.800. The Balaban J connectivity index is 2.17. The van der Waals surface area contributed by atoms with Gasteiger partial charge in [-0.3, -0.25) is 4.98 Å². The van der Waals surface area contributed by atoms with Crippen LogP contribution in [0.25, 0.3) is 17.1 Å². The zero-order valence-electron chi connectivity index (χ0n) is 11.4. The summed E-state index contributed by atoms with van der Waals surface area (Å²) in [6.07, 6.45) is 1.72. The van der Waals surface area contributed by atoms with Crippen LogP contribution >= 0.6 is 0 Å². The summed E-state index contributed by atoms with van der Waals surface area (Å²) < 4.78 is 1.68. The number of benzene rings is 1. The Hall–Kier alpha value is -2.69. The zero-order valence-corrected chi connectivity index (χ0v) is 11.4. The minimum atomic E-state index is 0.501. The van der Waals surface area contributed by atoms with Gasteiger partial charge < -0.3 is 5.73 Å². The van der Waals surface area contributed by atoms with Crippen LogP contribution in [0, 0.1) is 13.8 Å². The fourth-order valence-corrected chi connectivity index (χ4v) is 2.28. The van der Waals surface area contributed by atoms with Gasteiger partial charge in [0.25, 0.3) is 0 Å². The fourth-order valence-electron chi connectivity index (χ4n) is 2.28. The molecule has 0 radical (unpaired) electrons. The van der Waals surface area contributed by atoms with Gasteiger partial charge in [-0.2, -0.15) is 4.68 Å². The normalized spacial score (nSPS) is 10.7. The number of hydrogen-bond donors (Lipinski definition) is 1. The largest absolute Gasteiger partial charge is 0.382 e. The molecule has 2 N–H and O–H groups in total. The first kappa shape index (κ1) is 12.3. The number of para-hydroxylation sites is 1. The lowest BCUT2D eigenvalue weighted by Gasteiger charge is -2.10. The minimum Gasteiger partial charge on any atom is -0.382 e. The van der Waals surface area contributed by atoms with E-state index in [9.17, 15) is 0 Å². The Morgan fingerprint density at radius 2 is 1.75 bits per heavy atom. The summed E-state index contributed by atoms with van der Waals surface area (Å²) in [5.41, 5.74) is 10.7. The number of rotatable bonds is 2. The molecule has 1 aromatic carbocycles. The second-order valence-electron chi connectivity index (χ2n) is 4.69. The molecule has 0 spiro atoms. The smallest absolute Gasteiger partial charge is 0.157 e. The van der Waals surface area contributed by atoms with Crippen LogP contribution < -0.4 is 5.73 Å². The zero-order chi connectivity index (χ0) is 14.1. The quantitative estimate of drug-likeness (QED) is 0.773. The maximum absolute atomic E-state index is 6.20. The Morgan fingerprint density at radius 1 is 1.00 bits per heavy atom. The number of anilines is 1. The van der Waals surface area contributed by atoms with Gasteiger partial charge in [-0.05, 0) is 37.1 Å². The number of aromatic nitrogens is 4. The number of nitrogens with two attached hydrogens (primary N) is 1. The molecule has 100 valence electrons. The van der Waals surface area contributed by atoms with E-state index in [0.717, 1.165) is 22.5 Å². The number of aryl methyl sites for hydroxylation is 2. The fraction of sp³-hybridized carbons (Fsp3) is 0.133. The summed E-state index contributed by atoms with van der Waals surface area (Å²) in [4.78, 5) is 4.27. The van der Waals surface area contributed by atoms with Gasteiger partial charge >= 0.3 is 0 Å². The van der Waals surface area contributed by atoms with E-state index in [1.807, 2.05) is 50.2 Å². The Labute approximate surface area is 117 Å². The highest BCUT2D eigenvalue weighted by atomic mass is 15.5. The van der Waals surface area contributed by atoms with Gasteiger partial charge in [0.15, 0.2) is 11.5 Å². The first-order valence-electron chi connectivity index (χ1n) is 6.37. The molecule has 20 heavy (non-hydrogen) atoms. The molecule has 0 fully saturated rings. The summed E-state index contributed by atoms with van der Waals surface area (Å²) in [6.45, 7) is 4.06. The summed E-state index contributed by atoms with van der Waals surface area (Å²) >= 11 is 0. The molecule has 0 aliphatic carbocycles. The second kappa shape index (κ2) is 4.77. The molecule has 0 aliphatic rings. The maximum atomic E-state index is 6.20. The molecule has 2 aromatic heterocycles. The van der Waals surface area contributed by atoms with Gasteiger partial charge in [0, 0.05) is 6.20 Å². The number of hydrogen-bond acceptors (Lipinski definition) is 4. The third kappa shape index (κ3) is 1.93. The average molecular weight is 265 g/mol. The van der Waals surface area contributed by atoms with Gasteiger partial charge in [-0.1, -0.05) is 29.5 Å². The SMILES string of the molecule is Cc1cccc(C)c1-n1nnc(-c2ccccn2)c1N. The summed E-state index contributed by atoms with van der Waals surface area (Å²) in [5, 5.41) is 8.36. The summed E-state index contributed by atoms with van der Waals surface area (Å²) in [5.74, 6) is 0.501. The predicted molar refractivity (Wildman–Crippen MR) is 78.5 cm³/mol. The first-order valence-corrected chi connectivity index (χ1v) is 6.37. The van der Waals surface area contributed by atoms with E-state index >= 15 is 0 Å². The predicted octanol–water partition coefficient (Wildman–Crippen LogP) is 2.53. The van der Waals surface area contributed by atoms with Gasteiger partial charge in [-0.25, -0.2) is 0 Å². The van der Waals surface area contributed by atoms with E-state index in [0.29, 0.717) is 11.5 Å². The third-order valence-corrected chi connectivity index (χ3v) is 3.26. The van der Waals surface area contributed by atoms with E-state index in [4.69, 9.17) is 5.73 Å². The van der Waals surface area contributed by atoms with Crippen LogP contribution in [0.15, 0.2) is 42.6 Å². The van der Waals surface area contributed by atoms with Crippen molar-refractivity contribution in [3.63, 3.8) is 0 Å². The van der Waals surface area contributed by atoms with E-state index in [-0.39, 0.29) is 0 Å². The third-order valence-electron chi connectivity index (χ3n) is 3.26. The lowest BCUT2D eigenvalue weighted by Crippen LogP contribution is -2.06. The van der Waals surface area contributed by atoms with Crippen LogP contribution in [0.3, 0.4) is 0 Å². The number of pyridine rings is 1. The van der Waals surface area contributed by atoms with Gasteiger partial charge in [-0.15, -0.1) is 5.10 Å². The van der Waals surface area contributed by atoms with Crippen molar-refractivity contribution in [2.45, 2.75) is 13.8 Å². The molecular formula is C15H15N5. The molecular weight excluding hydrogens is 250 g/mol. The van der Waals surface area contributed by atoms with Crippen LogP contribution in [-0.2, 0) is 0 Å². The highest BCUT2D eigenvalue weighted by molar-refractivity contribution is 5.68. The van der Waals surface area contributed by atoms with Crippen molar-refractivity contribution < 1.29 is 0 Å². The molecule has 0 atom stereocenters. The van der Waals surface area contributed by atoms with E-state index in [1.165, 1.54) is 0 Å². The molecule has 0 saturated carbocycles. The van der Waals surface area contributed by atoms with Crippen LogP contribution in [0.1, 0.15) is 11.1 Å². The molecule has 3 rings (SSSR count). The Bertz CT molecular complexity index is 726. The van der Waals surface area contributed by atoms with Crippen molar-refractivity contribution in [1.29, 1.82) is 0 Å². The molecule has 0 bridgehead atoms. The van der Waals surface area contributed by atoms with Gasteiger partial charge in [0.2, 0.25) is 0 Å². The van der Waals surface area contributed by atoms with Crippen LogP contribution in [-0.4, -0.2) is 20.0 Å². The second-order valence-corrected chi connectivity index (χ2v) is 4.69. The lowest BCUT2D eigenvalue weighted by atomic mass is 10.1. The Kier molecular flexibility index (Phi) is 2.95. The van der Waals surface area contributed by atoms with Crippen molar-refractivity contribution in [3.8, 4) is 17.1 Å². The molecule has 3 aromatic rings. The van der Waals surface area contributed by atoms with Crippen molar-refractivity contribution in [3.05, 3.63) is 53.7 Å². The van der Waals surface area contributed by atoms with Crippen molar-refractivity contribution in [1.82, 2.24) is 20.0 Å². The standard InChI is InChI=1S/C15H15N5/c1-10-6-5-7-11(2)14(10)20-15(16)13(18-19-20)12-8-3-4-9-17-12/h3-9H,16H2,1-2H3. The van der Waals surface area contributed by atoms with Crippen molar-refractivity contribution in [2.75, 3.05) is 5.73 Å². The molecule has 5 nitrogen and oxygen atoms in total. The van der Waals surface area contributed by atoms with Gasteiger partial charge in [0.05, 0.1) is 11.4 Å². The number of nitrogen functional groups attached to an aromatic ring is 1. The molecule has 0 aliphatic heterocycles. The summed E-state index contributed by atoms with van der Waals surface area (Å²) in [7, 11) is 0.